The monoisotopic (exact) mass is 228 g/mol. The van der Waals surface area contributed by atoms with E-state index in [4.69, 9.17) is 0 Å². The van der Waals surface area contributed by atoms with Crippen molar-refractivity contribution >= 4 is 16.9 Å². The predicted octanol–water partition coefficient (Wildman–Crippen LogP) is 3.28. The van der Waals surface area contributed by atoms with E-state index < -0.39 is 0 Å². The molecule has 0 radical (unpaired) electrons. The minimum atomic E-state index is 0.285. The molecule has 0 aromatic heterocycles. The Balaban J connectivity index is 2.58. The van der Waals surface area contributed by atoms with E-state index in [9.17, 15) is 0 Å². The van der Waals surface area contributed by atoms with Gasteiger partial charge in [-0.3, -0.25) is 4.99 Å². The van der Waals surface area contributed by atoms with Crippen molar-refractivity contribution in [2.45, 2.75) is 65.3 Å². The summed E-state index contributed by atoms with van der Waals surface area (Å²) >= 11 is 1.87. The minimum absolute atomic E-state index is 0.285. The second-order valence-corrected chi connectivity index (χ2v) is 7.11. The number of hydrogen-bond donors (Lipinski definition) is 1. The predicted molar refractivity (Wildman–Crippen MR) is 70.6 cm³/mol. The second kappa shape index (κ2) is 4.77. The lowest BCUT2D eigenvalue weighted by atomic mass is 9.88. The van der Waals surface area contributed by atoms with Crippen molar-refractivity contribution < 1.29 is 0 Å². The summed E-state index contributed by atoms with van der Waals surface area (Å²) in [6.07, 6.45) is 1.19. The molecule has 0 aliphatic carbocycles. The molecule has 88 valence electrons. The van der Waals surface area contributed by atoms with Gasteiger partial charge in [-0.1, -0.05) is 39.5 Å². The van der Waals surface area contributed by atoms with Crippen molar-refractivity contribution in [2.75, 3.05) is 0 Å². The average molecular weight is 228 g/mol. The molecule has 0 saturated heterocycles. The first-order valence-electron chi connectivity index (χ1n) is 5.80. The molecule has 0 saturated carbocycles. The fraction of sp³-hybridized carbons (Fsp3) is 0.917. The van der Waals surface area contributed by atoms with E-state index in [0.29, 0.717) is 17.3 Å². The van der Waals surface area contributed by atoms with Crippen molar-refractivity contribution in [1.29, 1.82) is 0 Å². The molecule has 0 spiro atoms. The maximum Gasteiger partial charge on any atom is 0.157 e. The average Bonchev–Trinajstić information content (AvgIpc) is 1.99. The van der Waals surface area contributed by atoms with E-state index >= 15 is 0 Å². The SMILES string of the molecule is CC1CC(C)SC(NC(C)C(C)(C)C)=N1. The van der Waals surface area contributed by atoms with Crippen molar-refractivity contribution in [3.63, 3.8) is 0 Å². The molecule has 1 aliphatic rings. The highest BCUT2D eigenvalue weighted by Crippen LogP contribution is 2.26. The van der Waals surface area contributed by atoms with Gasteiger partial charge in [0.25, 0.3) is 0 Å². The molecule has 1 heterocycles. The van der Waals surface area contributed by atoms with E-state index in [1.165, 1.54) is 6.42 Å². The zero-order chi connectivity index (χ0) is 11.6. The third-order valence-electron chi connectivity index (χ3n) is 2.96. The Bertz CT molecular complexity index is 242. The van der Waals surface area contributed by atoms with Gasteiger partial charge in [-0.15, -0.1) is 0 Å². The van der Waals surface area contributed by atoms with Crippen LogP contribution in [0.5, 0.6) is 0 Å². The first-order chi connectivity index (χ1) is 6.79. The van der Waals surface area contributed by atoms with Gasteiger partial charge in [0.05, 0.1) is 6.04 Å². The Morgan fingerprint density at radius 2 is 2.00 bits per heavy atom. The molecule has 3 atom stereocenters. The van der Waals surface area contributed by atoms with Crippen molar-refractivity contribution in [1.82, 2.24) is 5.32 Å². The van der Waals surface area contributed by atoms with Gasteiger partial charge in [-0.2, -0.15) is 0 Å². The summed E-state index contributed by atoms with van der Waals surface area (Å²) in [6.45, 7) is 13.5. The van der Waals surface area contributed by atoms with Crippen LogP contribution in [0.15, 0.2) is 4.99 Å². The molecule has 2 nitrogen and oxygen atoms in total. The van der Waals surface area contributed by atoms with Crippen LogP contribution in [0.1, 0.15) is 48.0 Å². The number of nitrogens with one attached hydrogen (secondary N) is 1. The van der Waals surface area contributed by atoms with Crippen molar-refractivity contribution in [3.05, 3.63) is 0 Å². The first-order valence-corrected chi connectivity index (χ1v) is 6.68. The van der Waals surface area contributed by atoms with E-state index in [0.717, 1.165) is 5.17 Å². The van der Waals surface area contributed by atoms with Gasteiger partial charge in [-0.05, 0) is 25.7 Å². The van der Waals surface area contributed by atoms with Crippen LogP contribution in [0.3, 0.4) is 0 Å². The number of hydrogen-bond acceptors (Lipinski definition) is 3. The topological polar surface area (TPSA) is 24.4 Å². The highest BCUT2D eigenvalue weighted by atomic mass is 32.2. The number of thioether (sulfide) groups is 1. The molecule has 15 heavy (non-hydrogen) atoms. The summed E-state index contributed by atoms with van der Waals surface area (Å²) in [6, 6.07) is 0.928. The Morgan fingerprint density at radius 1 is 1.40 bits per heavy atom. The van der Waals surface area contributed by atoms with Crippen molar-refractivity contribution in [3.8, 4) is 0 Å². The minimum Gasteiger partial charge on any atom is -0.362 e. The molecule has 0 aromatic rings. The maximum atomic E-state index is 4.65. The normalized spacial score (nSPS) is 29.6. The largest absolute Gasteiger partial charge is 0.362 e. The smallest absolute Gasteiger partial charge is 0.157 e. The van der Waals surface area contributed by atoms with E-state index in [1.54, 1.807) is 0 Å². The third kappa shape index (κ3) is 4.06. The van der Waals surface area contributed by atoms with Crippen LogP contribution in [-0.2, 0) is 0 Å². The molecule has 0 bridgehead atoms. The molecule has 1 N–H and O–H groups in total. The molecule has 0 fully saturated rings. The van der Waals surface area contributed by atoms with Crippen LogP contribution in [0, 0.1) is 5.41 Å². The summed E-state index contributed by atoms with van der Waals surface area (Å²) < 4.78 is 0. The summed E-state index contributed by atoms with van der Waals surface area (Å²) in [4.78, 5) is 4.65. The first kappa shape index (κ1) is 12.9. The van der Waals surface area contributed by atoms with Crippen LogP contribution in [0.25, 0.3) is 0 Å². The molecule has 3 heteroatoms. The van der Waals surface area contributed by atoms with Gasteiger partial charge in [0.2, 0.25) is 0 Å². The number of amidine groups is 1. The Kier molecular flexibility index (Phi) is 4.10. The second-order valence-electron chi connectivity index (χ2n) is 5.68. The van der Waals surface area contributed by atoms with Crippen LogP contribution < -0.4 is 5.32 Å². The molecule has 0 aromatic carbocycles. The van der Waals surface area contributed by atoms with Gasteiger partial charge in [-0.25, -0.2) is 0 Å². The Morgan fingerprint density at radius 3 is 2.47 bits per heavy atom. The van der Waals surface area contributed by atoms with Gasteiger partial charge in [0.15, 0.2) is 5.17 Å². The molecule has 1 aliphatic heterocycles. The van der Waals surface area contributed by atoms with Gasteiger partial charge in [0.1, 0.15) is 0 Å². The molecular formula is C12H24N2S. The summed E-state index contributed by atoms with van der Waals surface area (Å²) in [5.74, 6) is 0. The van der Waals surface area contributed by atoms with Crippen LogP contribution >= 0.6 is 11.8 Å². The molecular weight excluding hydrogens is 204 g/mol. The van der Waals surface area contributed by atoms with Crippen LogP contribution in [-0.4, -0.2) is 22.5 Å². The lowest BCUT2D eigenvalue weighted by Crippen LogP contribution is -2.42. The maximum absolute atomic E-state index is 4.65. The summed E-state index contributed by atoms with van der Waals surface area (Å²) in [5.41, 5.74) is 0.285. The lowest BCUT2D eigenvalue weighted by Gasteiger charge is -2.32. The molecule has 0 amide bonds. The summed E-state index contributed by atoms with van der Waals surface area (Å²) in [5, 5.41) is 5.35. The lowest BCUT2D eigenvalue weighted by molar-refractivity contribution is 0.317. The van der Waals surface area contributed by atoms with E-state index in [-0.39, 0.29) is 5.41 Å². The van der Waals surface area contributed by atoms with Crippen molar-refractivity contribution in [2.24, 2.45) is 10.4 Å². The number of rotatable bonds is 1. The van der Waals surface area contributed by atoms with E-state index in [1.807, 2.05) is 11.8 Å². The number of aliphatic imine (C=N–C) groups is 1. The van der Waals surface area contributed by atoms with E-state index in [2.05, 4.69) is 51.9 Å². The Hall–Kier alpha value is -0.180. The Labute approximate surface area is 98.3 Å². The zero-order valence-corrected chi connectivity index (χ0v) is 11.6. The van der Waals surface area contributed by atoms with Crippen LogP contribution in [0.2, 0.25) is 0 Å². The van der Waals surface area contributed by atoms with Gasteiger partial charge < -0.3 is 5.32 Å². The quantitative estimate of drug-likeness (QED) is 0.745. The van der Waals surface area contributed by atoms with Gasteiger partial charge >= 0.3 is 0 Å². The third-order valence-corrected chi connectivity index (χ3v) is 4.00. The van der Waals surface area contributed by atoms with Gasteiger partial charge in [0, 0.05) is 11.3 Å². The zero-order valence-electron chi connectivity index (χ0n) is 10.8. The highest BCUT2D eigenvalue weighted by Gasteiger charge is 2.24. The van der Waals surface area contributed by atoms with Crippen LogP contribution in [0.4, 0.5) is 0 Å². The molecule has 3 unspecified atom stereocenters. The fourth-order valence-electron chi connectivity index (χ4n) is 1.48. The number of nitrogens with zero attached hydrogens (tertiary/aromatic N) is 1. The standard InChI is InChI=1S/C12H24N2S/c1-8-7-9(2)15-11(13-8)14-10(3)12(4,5)6/h8-10H,7H2,1-6H3,(H,13,14). The summed E-state index contributed by atoms with van der Waals surface area (Å²) in [7, 11) is 0. The molecule has 1 rings (SSSR count). The highest BCUT2D eigenvalue weighted by molar-refractivity contribution is 8.14. The fourth-order valence-corrected chi connectivity index (χ4v) is 2.72.